The minimum absolute atomic E-state index is 0.159. The Bertz CT molecular complexity index is 418. The van der Waals surface area contributed by atoms with Crippen LogP contribution >= 0.6 is 0 Å². The minimum atomic E-state index is -0.235. The molecule has 15 heavy (non-hydrogen) atoms. The fourth-order valence-corrected chi connectivity index (χ4v) is 3.21. The molecule has 0 amide bonds. The normalized spacial score (nSPS) is 26.5. The van der Waals surface area contributed by atoms with Crippen molar-refractivity contribution in [2.24, 2.45) is 0 Å². The first-order valence-electron chi connectivity index (χ1n) is 5.92. The van der Waals surface area contributed by atoms with Gasteiger partial charge < -0.3 is 5.11 Å². The molecule has 0 heterocycles. The second kappa shape index (κ2) is 2.85. The van der Waals surface area contributed by atoms with Gasteiger partial charge in [-0.1, -0.05) is 26.0 Å². The highest BCUT2D eigenvalue weighted by Crippen LogP contribution is 2.46. The van der Waals surface area contributed by atoms with Crippen molar-refractivity contribution in [3.63, 3.8) is 0 Å². The van der Waals surface area contributed by atoms with E-state index in [-0.39, 0.29) is 11.5 Å². The molecule has 0 unspecified atom stereocenters. The highest BCUT2D eigenvalue weighted by atomic mass is 16.3. The zero-order chi connectivity index (χ0) is 10.6. The first-order chi connectivity index (χ1) is 7.08. The van der Waals surface area contributed by atoms with E-state index < -0.39 is 0 Å². The maximum absolute atomic E-state index is 10.0. The maximum atomic E-state index is 10.0. The third kappa shape index (κ3) is 1.26. The molecule has 2 aliphatic rings. The number of benzene rings is 1. The number of fused-ring (bicyclic) bond motifs is 2. The van der Waals surface area contributed by atoms with Crippen molar-refractivity contribution >= 4 is 0 Å². The van der Waals surface area contributed by atoms with Gasteiger partial charge in [0.25, 0.3) is 0 Å². The van der Waals surface area contributed by atoms with Gasteiger partial charge in [0.05, 0.1) is 6.10 Å². The maximum Gasteiger partial charge on any atom is 0.0801 e. The zero-order valence-corrected chi connectivity index (χ0v) is 9.51. The molecule has 1 heteroatoms. The average Bonchev–Trinajstić information content (AvgIpc) is 2.68. The summed E-state index contributed by atoms with van der Waals surface area (Å²) in [7, 11) is 0. The molecule has 1 aromatic rings. The van der Waals surface area contributed by atoms with Crippen LogP contribution in [0.25, 0.3) is 0 Å². The van der Waals surface area contributed by atoms with E-state index >= 15 is 0 Å². The van der Waals surface area contributed by atoms with E-state index in [1.165, 1.54) is 41.5 Å². The molecule has 0 bridgehead atoms. The van der Waals surface area contributed by atoms with Gasteiger partial charge in [-0.15, -0.1) is 0 Å². The third-order valence-corrected chi connectivity index (χ3v) is 4.06. The number of aliphatic hydroxyl groups is 1. The van der Waals surface area contributed by atoms with Crippen molar-refractivity contribution in [2.75, 3.05) is 0 Å². The van der Waals surface area contributed by atoms with Gasteiger partial charge in [-0.2, -0.15) is 0 Å². The molecule has 0 aromatic heterocycles. The van der Waals surface area contributed by atoms with E-state index in [0.29, 0.717) is 0 Å². The van der Waals surface area contributed by atoms with Crippen LogP contribution in [0.3, 0.4) is 0 Å². The van der Waals surface area contributed by atoms with Crippen molar-refractivity contribution in [3.8, 4) is 0 Å². The molecule has 0 saturated heterocycles. The van der Waals surface area contributed by atoms with Crippen LogP contribution in [0.4, 0.5) is 0 Å². The molecule has 2 aliphatic carbocycles. The fraction of sp³-hybridized carbons (Fsp3) is 0.571. The van der Waals surface area contributed by atoms with Crippen LogP contribution in [-0.2, 0) is 18.3 Å². The average molecular weight is 202 g/mol. The van der Waals surface area contributed by atoms with E-state index in [2.05, 4.69) is 26.0 Å². The Balaban J connectivity index is 2.20. The van der Waals surface area contributed by atoms with Crippen molar-refractivity contribution in [1.82, 2.24) is 0 Å². The smallest absolute Gasteiger partial charge is 0.0801 e. The van der Waals surface area contributed by atoms with Gasteiger partial charge in [0.15, 0.2) is 0 Å². The van der Waals surface area contributed by atoms with Crippen molar-refractivity contribution < 1.29 is 5.11 Å². The standard InChI is InChI=1S/C14H18O/c1-14(2)8-13(15)11-6-9-4-3-5-10(9)7-12(11)14/h6-7,13,15H,3-5,8H2,1-2H3/t13-/m0/s1. The van der Waals surface area contributed by atoms with E-state index in [0.717, 1.165) is 6.42 Å². The first kappa shape index (κ1) is 9.41. The SMILES string of the molecule is CC1(C)C[C@H](O)c2cc3c(cc21)CCC3. The Morgan fingerprint density at radius 2 is 1.87 bits per heavy atom. The van der Waals surface area contributed by atoms with Gasteiger partial charge in [-0.25, -0.2) is 0 Å². The van der Waals surface area contributed by atoms with Crippen molar-refractivity contribution in [2.45, 2.75) is 51.0 Å². The Morgan fingerprint density at radius 1 is 1.20 bits per heavy atom. The molecule has 1 atom stereocenters. The van der Waals surface area contributed by atoms with Crippen molar-refractivity contribution in [1.29, 1.82) is 0 Å². The molecule has 80 valence electrons. The van der Waals surface area contributed by atoms with Crippen LogP contribution < -0.4 is 0 Å². The summed E-state index contributed by atoms with van der Waals surface area (Å²) in [6.07, 6.45) is 4.37. The molecule has 0 saturated carbocycles. The molecule has 0 spiro atoms. The number of hydrogen-bond donors (Lipinski definition) is 1. The minimum Gasteiger partial charge on any atom is -0.388 e. The lowest BCUT2D eigenvalue weighted by Crippen LogP contribution is -2.12. The lowest BCUT2D eigenvalue weighted by Gasteiger charge is -2.19. The summed E-state index contributed by atoms with van der Waals surface area (Å²) in [6, 6.07) is 4.62. The predicted molar refractivity (Wildman–Crippen MR) is 61.1 cm³/mol. The highest BCUT2D eigenvalue weighted by Gasteiger charge is 2.36. The quantitative estimate of drug-likeness (QED) is 0.686. The number of aliphatic hydroxyl groups excluding tert-OH is 1. The molecule has 0 fully saturated rings. The van der Waals surface area contributed by atoms with Crippen LogP contribution in [0.1, 0.15) is 55.0 Å². The molecular formula is C14H18O. The second-order valence-electron chi connectivity index (χ2n) is 5.67. The van der Waals surface area contributed by atoms with E-state index in [1.54, 1.807) is 0 Å². The third-order valence-electron chi connectivity index (χ3n) is 4.06. The number of hydrogen-bond acceptors (Lipinski definition) is 1. The topological polar surface area (TPSA) is 20.2 Å². The number of rotatable bonds is 0. The monoisotopic (exact) mass is 202 g/mol. The molecule has 3 rings (SSSR count). The van der Waals surface area contributed by atoms with Gasteiger partial charge in [0.2, 0.25) is 0 Å². The van der Waals surface area contributed by atoms with Gasteiger partial charge in [0.1, 0.15) is 0 Å². The van der Waals surface area contributed by atoms with E-state index in [1.807, 2.05) is 0 Å². The summed E-state index contributed by atoms with van der Waals surface area (Å²) >= 11 is 0. The molecule has 0 aliphatic heterocycles. The fourth-order valence-electron chi connectivity index (χ4n) is 3.21. The largest absolute Gasteiger partial charge is 0.388 e. The molecule has 1 aromatic carbocycles. The van der Waals surface area contributed by atoms with E-state index in [9.17, 15) is 5.11 Å². The highest BCUT2D eigenvalue weighted by molar-refractivity contribution is 5.48. The van der Waals surface area contributed by atoms with Gasteiger partial charge in [-0.05, 0) is 53.4 Å². The van der Waals surface area contributed by atoms with Crippen LogP contribution in [0, 0.1) is 0 Å². The van der Waals surface area contributed by atoms with Gasteiger partial charge in [0, 0.05) is 0 Å². The Hall–Kier alpha value is -0.820. The van der Waals surface area contributed by atoms with Gasteiger partial charge in [-0.3, -0.25) is 0 Å². The Morgan fingerprint density at radius 3 is 2.60 bits per heavy atom. The summed E-state index contributed by atoms with van der Waals surface area (Å²) in [4.78, 5) is 0. The summed E-state index contributed by atoms with van der Waals surface area (Å²) in [5.41, 5.74) is 5.74. The predicted octanol–water partition coefficient (Wildman–Crippen LogP) is 2.89. The van der Waals surface area contributed by atoms with E-state index in [4.69, 9.17) is 0 Å². The van der Waals surface area contributed by atoms with Crippen LogP contribution in [0.2, 0.25) is 0 Å². The van der Waals surface area contributed by atoms with Crippen LogP contribution in [0.5, 0.6) is 0 Å². The molecular weight excluding hydrogens is 184 g/mol. The van der Waals surface area contributed by atoms with Crippen molar-refractivity contribution in [3.05, 3.63) is 34.4 Å². The molecule has 1 nitrogen and oxygen atoms in total. The lowest BCUT2D eigenvalue weighted by molar-refractivity contribution is 0.161. The lowest BCUT2D eigenvalue weighted by atomic mass is 9.85. The number of aryl methyl sites for hydroxylation is 2. The Kier molecular flexibility index (Phi) is 1.79. The van der Waals surface area contributed by atoms with Crippen LogP contribution in [-0.4, -0.2) is 5.11 Å². The molecule has 0 radical (unpaired) electrons. The summed E-state index contributed by atoms with van der Waals surface area (Å²) in [5, 5.41) is 10.0. The van der Waals surface area contributed by atoms with Crippen LogP contribution in [0.15, 0.2) is 12.1 Å². The molecule has 1 N–H and O–H groups in total. The second-order valence-corrected chi connectivity index (χ2v) is 5.67. The summed E-state index contributed by atoms with van der Waals surface area (Å²) in [5.74, 6) is 0. The Labute approximate surface area is 91.1 Å². The zero-order valence-electron chi connectivity index (χ0n) is 9.51. The first-order valence-corrected chi connectivity index (χ1v) is 5.92. The summed E-state index contributed by atoms with van der Waals surface area (Å²) < 4.78 is 0. The van der Waals surface area contributed by atoms with Gasteiger partial charge >= 0.3 is 0 Å². The summed E-state index contributed by atoms with van der Waals surface area (Å²) in [6.45, 7) is 4.48.